The Labute approximate surface area is 192 Å². The zero-order chi connectivity index (χ0) is 22.9. The lowest BCUT2D eigenvalue weighted by Gasteiger charge is -2.23. The van der Waals surface area contributed by atoms with Crippen LogP contribution in [-0.4, -0.2) is 29.8 Å². The third-order valence-electron chi connectivity index (χ3n) is 6.30. The maximum absolute atomic E-state index is 12.1. The topological polar surface area (TPSA) is 70.0 Å². The van der Waals surface area contributed by atoms with Crippen LogP contribution in [0.5, 0.6) is 11.5 Å². The van der Waals surface area contributed by atoms with E-state index >= 15 is 0 Å². The summed E-state index contributed by atoms with van der Waals surface area (Å²) >= 11 is 0. The van der Waals surface area contributed by atoms with E-state index < -0.39 is 0 Å². The van der Waals surface area contributed by atoms with E-state index in [2.05, 4.69) is 0 Å². The van der Waals surface area contributed by atoms with Crippen molar-refractivity contribution >= 4 is 22.4 Å². The minimum atomic E-state index is -0.370. The fourth-order valence-corrected chi connectivity index (χ4v) is 4.69. The van der Waals surface area contributed by atoms with Gasteiger partial charge in [-0.1, -0.05) is 42.5 Å². The molecular formula is C28H25NO4. The normalized spacial score (nSPS) is 14.7. The van der Waals surface area contributed by atoms with Crippen molar-refractivity contribution in [3.63, 3.8) is 0 Å². The van der Waals surface area contributed by atoms with Crippen molar-refractivity contribution in [2.75, 3.05) is 18.6 Å². The van der Waals surface area contributed by atoms with Gasteiger partial charge in [-0.2, -0.15) is 0 Å². The first-order valence-corrected chi connectivity index (χ1v) is 11.0. The van der Waals surface area contributed by atoms with Gasteiger partial charge < -0.3 is 19.8 Å². The average Bonchev–Trinajstić information content (AvgIpc) is 3.26. The molecule has 0 aliphatic carbocycles. The molecule has 166 valence electrons. The molecule has 4 aromatic carbocycles. The molecule has 1 atom stereocenters. The summed E-state index contributed by atoms with van der Waals surface area (Å²) in [5.41, 5.74) is 4.79. The maximum atomic E-state index is 12.1. The summed E-state index contributed by atoms with van der Waals surface area (Å²) in [7, 11) is 1.68. The highest BCUT2D eigenvalue weighted by Crippen LogP contribution is 2.40. The number of hydrogen-bond acceptors (Lipinski definition) is 4. The number of phenolic OH excluding ortho intramolecular Hbond substituents is 2. The number of ether oxygens (including phenoxy) is 1. The molecule has 5 rings (SSSR count). The summed E-state index contributed by atoms with van der Waals surface area (Å²) in [6, 6.07) is 24.4. The van der Waals surface area contributed by atoms with Gasteiger partial charge in [0.25, 0.3) is 0 Å². The molecule has 1 unspecified atom stereocenters. The second-order valence-corrected chi connectivity index (χ2v) is 8.34. The number of carbonyl (C=O) groups excluding carboxylic acids is 1. The molecule has 2 N–H and O–H groups in total. The molecule has 0 bridgehead atoms. The number of nitrogens with zero attached hydrogens (tertiary/aromatic N) is 1. The van der Waals surface area contributed by atoms with E-state index in [9.17, 15) is 15.0 Å². The van der Waals surface area contributed by atoms with Crippen LogP contribution in [0.3, 0.4) is 0 Å². The van der Waals surface area contributed by atoms with E-state index in [0.29, 0.717) is 6.42 Å². The lowest BCUT2D eigenvalue weighted by Crippen LogP contribution is -2.23. The largest absolute Gasteiger partial charge is 0.508 e. The van der Waals surface area contributed by atoms with Crippen LogP contribution in [0.4, 0.5) is 5.69 Å². The van der Waals surface area contributed by atoms with Crippen molar-refractivity contribution in [2.24, 2.45) is 0 Å². The summed E-state index contributed by atoms with van der Waals surface area (Å²) in [5.74, 6) is 0.579. The van der Waals surface area contributed by atoms with Crippen LogP contribution in [0.15, 0.2) is 78.9 Å². The van der Waals surface area contributed by atoms with Crippen molar-refractivity contribution in [3.05, 3.63) is 90.0 Å². The third kappa shape index (κ3) is 3.92. The number of anilines is 1. The van der Waals surface area contributed by atoms with E-state index in [0.717, 1.165) is 51.7 Å². The highest BCUT2D eigenvalue weighted by Gasteiger charge is 2.24. The molecule has 5 heteroatoms. The molecule has 5 nitrogen and oxygen atoms in total. The highest BCUT2D eigenvalue weighted by molar-refractivity contribution is 5.95. The summed E-state index contributed by atoms with van der Waals surface area (Å²) in [6.07, 6.45) is 1.12. The monoisotopic (exact) mass is 439 g/mol. The van der Waals surface area contributed by atoms with E-state index in [1.165, 1.54) is 0 Å². The Morgan fingerprint density at radius 1 is 0.879 bits per heavy atom. The van der Waals surface area contributed by atoms with Gasteiger partial charge in [-0.3, -0.25) is 4.79 Å². The molecule has 1 heterocycles. The van der Waals surface area contributed by atoms with Gasteiger partial charge in [-0.25, -0.2) is 0 Å². The Bertz CT molecular complexity index is 1310. The quantitative estimate of drug-likeness (QED) is 0.414. The zero-order valence-electron chi connectivity index (χ0n) is 18.4. The van der Waals surface area contributed by atoms with Crippen LogP contribution in [0.2, 0.25) is 0 Å². The van der Waals surface area contributed by atoms with Crippen LogP contribution in [0, 0.1) is 0 Å². The Morgan fingerprint density at radius 3 is 2.27 bits per heavy atom. The molecule has 0 radical (unpaired) electrons. The first-order valence-electron chi connectivity index (χ1n) is 11.0. The standard InChI is InChI=1S/C28H25NO4/c1-33-28(19-4-9-21(10-5-19)29-16-2-3-26(29)32)27-24(18-6-11-22(30)12-7-18)14-8-20-17-23(31)13-15-25(20)27/h4-15,17,28,30-31H,2-3,16H2,1H3. The molecule has 1 amide bonds. The first kappa shape index (κ1) is 21.0. The Kier molecular flexibility index (Phi) is 5.48. The van der Waals surface area contributed by atoms with Crippen LogP contribution >= 0.6 is 0 Å². The van der Waals surface area contributed by atoms with Crippen LogP contribution in [0.1, 0.15) is 30.1 Å². The lowest BCUT2D eigenvalue weighted by molar-refractivity contribution is -0.117. The van der Waals surface area contributed by atoms with Crippen LogP contribution < -0.4 is 4.90 Å². The molecule has 1 fully saturated rings. The fourth-order valence-electron chi connectivity index (χ4n) is 4.69. The smallest absolute Gasteiger partial charge is 0.227 e. The summed E-state index contributed by atoms with van der Waals surface area (Å²) < 4.78 is 6.04. The molecule has 1 saturated heterocycles. The predicted octanol–water partition coefficient (Wildman–Crippen LogP) is 5.78. The van der Waals surface area contributed by atoms with E-state index in [4.69, 9.17) is 4.74 Å². The van der Waals surface area contributed by atoms with Crippen molar-refractivity contribution in [1.82, 2.24) is 0 Å². The average molecular weight is 440 g/mol. The fraction of sp³-hybridized carbons (Fsp3) is 0.179. The summed E-state index contributed by atoms with van der Waals surface area (Å²) in [5, 5.41) is 21.7. The second-order valence-electron chi connectivity index (χ2n) is 8.34. The summed E-state index contributed by atoms with van der Waals surface area (Å²) in [6.45, 7) is 0.754. The minimum absolute atomic E-state index is 0.162. The summed E-state index contributed by atoms with van der Waals surface area (Å²) in [4.78, 5) is 14.0. The molecule has 0 spiro atoms. The highest BCUT2D eigenvalue weighted by atomic mass is 16.5. The van der Waals surface area contributed by atoms with Crippen LogP contribution in [0.25, 0.3) is 21.9 Å². The lowest BCUT2D eigenvalue weighted by atomic mass is 9.88. The van der Waals surface area contributed by atoms with Gasteiger partial charge in [0.2, 0.25) is 5.91 Å². The molecule has 0 saturated carbocycles. The molecule has 4 aromatic rings. The van der Waals surface area contributed by atoms with Gasteiger partial charge in [0.15, 0.2) is 0 Å². The number of fused-ring (bicyclic) bond motifs is 1. The Balaban J connectivity index is 1.65. The first-order chi connectivity index (χ1) is 16.0. The Morgan fingerprint density at radius 2 is 1.61 bits per heavy atom. The van der Waals surface area contributed by atoms with Gasteiger partial charge in [0, 0.05) is 31.3 Å². The van der Waals surface area contributed by atoms with Gasteiger partial charge in [-0.05, 0) is 70.3 Å². The van der Waals surface area contributed by atoms with Crippen molar-refractivity contribution < 1.29 is 19.7 Å². The predicted molar refractivity (Wildman–Crippen MR) is 130 cm³/mol. The van der Waals surface area contributed by atoms with Gasteiger partial charge in [-0.15, -0.1) is 0 Å². The number of hydrogen-bond donors (Lipinski definition) is 2. The molecule has 0 aromatic heterocycles. The van der Waals surface area contributed by atoms with E-state index in [1.807, 2.05) is 59.5 Å². The van der Waals surface area contributed by atoms with Gasteiger partial charge >= 0.3 is 0 Å². The molecule has 33 heavy (non-hydrogen) atoms. The minimum Gasteiger partial charge on any atom is -0.508 e. The SMILES string of the molecule is COC(c1ccc(N2CCCC2=O)cc1)c1c(-c2ccc(O)cc2)ccc2cc(O)ccc12. The number of methoxy groups -OCH3 is 1. The zero-order valence-corrected chi connectivity index (χ0v) is 18.4. The molecule has 1 aliphatic rings. The van der Waals surface area contributed by atoms with Crippen molar-refractivity contribution in [1.29, 1.82) is 0 Å². The second kappa shape index (κ2) is 8.60. The number of carbonyl (C=O) groups is 1. The number of aromatic hydroxyl groups is 2. The third-order valence-corrected chi connectivity index (χ3v) is 6.30. The molecular weight excluding hydrogens is 414 g/mol. The van der Waals surface area contributed by atoms with Crippen molar-refractivity contribution in [2.45, 2.75) is 18.9 Å². The Hall–Kier alpha value is -3.83. The number of amides is 1. The van der Waals surface area contributed by atoms with E-state index in [-0.39, 0.29) is 23.5 Å². The maximum Gasteiger partial charge on any atom is 0.227 e. The number of rotatable bonds is 5. The van der Waals surface area contributed by atoms with E-state index in [1.54, 1.807) is 31.4 Å². The number of benzene rings is 4. The number of phenols is 2. The van der Waals surface area contributed by atoms with Crippen LogP contribution in [-0.2, 0) is 9.53 Å². The van der Waals surface area contributed by atoms with Gasteiger partial charge in [0.05, 0.1) is 0 Å². The van der Waals surface area contributed by atoms with Crippen molar-refractivity contribution in [3.8, 4) is 22.6 Å². The molecule has 1 aliphatic heterocycles. The van der Waals surface area contributed by atoms with Gasteiger partial charge in [0.1, 0.15) is 17.6 Å².